The van der Waals surface area contributed by atoms with E-state index < -0.39 is 39.2 Å². The van der Waals surface area contributed by atoms with Gasteiger partial charge in [-0.1, -0.05) is 6.07 Å². The second kappa shape index (κ2) is 5.70. The molecule has 0 amide bonds. The zero-order valence-electron chi connectivity index (χ0n) is 10.1. The molecule has 2 N–H and O–H groups in total. The molecule has 1 atom stereocenters. The molecule has 1 heterocycles. The highest BCUT2D eigenvalue weighted by atomic mass is 32.2. The molecule has 0 spiro atoms. The second-order valence-corrected chi connectivity index (χ2v) is 5.64. The third-order valence-corrected chi connectivity index (χ3v) is 4.00. The first-order valence-corrected chi connectivity index (χ1v) is 7.05. The van der Waals surface area contributed by atoms with Crippen molar-refractivity contribution in [2.75, 3.05) is 6.54 Å². The number of hydrogen-bond acceptors (Lipinski definition) is 4. The monoisotopic (exact) mass is 303 g/mol. The van der Waals surface area contributed by atoms with Gasteiger partial charge in [-0.25, -0.2) is 21.9 Å². The van der Waals surface area contributed by atoms with Crippen LogP contribution in [0.2, 0.25) is 0 Å². The van der Waals surface area contributed by atoms with Gasteiger partial charge < -0.3 is 9.52 Å². The summed E-state index contributed by atoms with van der Waals surface area (Å²) >= 11 is 0. The van der Waals surface area contributed by atoms with E-state index in [4.69, 9.17) is 4.42 Å². The molecule has 1 aromatic heterocycles. The van der Waals surface area contributed by atoms with Crippen molar-refractivity contribution in [2.24, 2.45) is 0 Å². The first-order valence-electron chi connectivity index (χ1n) is 5.57. The first kappa shape index (κ1) is 14.6. The Balaban J connectivity index is 2.16. The Bertz CT molecular complexity index is 665. The fourth-order valence-electron chi connectivity index (χ4n) is 1.58. The first-order chi connectivity index (χ1) is 9.42. The van der Waals surface area contributed by atoms with Gasteiger partial charge in [-0.05, 0) is 24.3 Å². The third-order valence-electron chi connectivity index (χ3n) is 2.53. The van der Waals surface area contributed by atoms with Crippen LogP contribution in [0.5, 0.6) is 0 Å². The van der Waals surface area contributed by atoms with Gasteiger partial charge in [0.05, 0.1) is 6.26 Å². The summed E-state index contributed by atoms with van der Waals surface area (Å²) in [6.45, 7) is -0.469. The van der Waals surface area contributed by atoms with Crippen molar-refractivity contribution in [1.82, 2.24) is 4.72 Å². The molecule has 0 saturated carbocycles. The van der Waals surface area contributed by atoms with Crippen LogP contribution in [0.3, 0.4) is 0 Å². The quantitative estimate of drug-likeness (QED) is 0.878. The van der Waals surface area contributed by atoms with Gasteiger partial charge in [-0.15, -0.1) is 0 Å². The fourth-order valence-corrected chi connectivity index (χ4v) is 2.75. The van der Waals surface area contributed by atoms with Gasteiger partial charge in [-0.3, -0.25) is 0 Å². The van der Waals surface area contributed by atoms with Gasteiger partial charge in [0, 0.05) is 6.54 Å². The van der Waals surface area contributed by atoms with Crippen molar-refractivity contribution in [3.8, 4) is 0 Å². The van der Waals surface area contributed by atoms with Crippen LogP contribution in [-0.4, -0.2) is 20.1 Å². The predicted molar refractivity (Wildman–Crippen MR) is 65.2 cm³/mol. The number of rotatable bonds is 5. The molecule has 0 radical (unpaired) electrons. The Hall–Kier alpha value is -1.77. The molecule has 1 unspecified atom stereocenters. The van der Waals surface area contributed by atoms with E-state index >= 15 is 0 Å². The molecule has 20 heavy (non-hydrogen) atoms. The zero-order chi connectivity index (χ0) is 14.8. The maximum Gasteiger partial charge on any atom is 0.246 e. The molecular formula is C12H11F2NO4S. The number of sulfonamides is 1. The predicted octanol–water partition coefficient (Wildman–Crippen LogP) is 1.57. The average molecular weight is 303 g/mol. The smallest absolute Gasteiger partial charge is 0.246 e. The molecule has 108 valence electrons. The van der Waals surface area contributed by atoms with Crippen molar-refractivity contribution in [2.45, 2.75) is 11.0 Å². The maximum atomic E-state index is 13.4. The molecule has 1 aromatic carbocycles. The van der Waals surface area contributed by atoms with Crippen LogP contribution in [0.25, 0.3) is 0 Å². The Labute approximate surface area is 113 Å². The Kier molecular flexibility index (Phi) is 4.17. The number of nitrogens with one attached hydrogen (secondary N) is 1. The van der Waals surface area contributed by atoms with E-state index in [1.165, 1.54) is 18.4 Å². The van der Waals surface area contributed by atoms with E-state index in [1.807, 2.05) is 4.72 Å². The maximum absolute atomic E-state index is 13.4. The Morgan fingerprint density at radius 3 is 2.40 bits per heavy atom. The minimum atomic E-state index is -4.41. The standard InChI is InChI=1S/C12H11F2NO4S/c13-8-3-1-4-9(14)12(8)20(17,18)15-7-10(16)11-5-2-6-19-11/h1-6,10,15-16H,7H2. The molecule has 2 rings (SSSR count). The SMILES string of the molecule is O=S(=O)(NCC(O)c1ccco1)c1c(F)cccc1F. The molecule has 0 fully saturated rings. The molecule has 0 aliphatic heterocycles. The van der Waals surface area contributed by atoms with Gasteiger partial charge in [0.1, 0.15) is 23.5 Å². The van der Waals surface area contributed by atoms with Crippen LogP contribution >= 0.6 is 0 Å². The number of halogens is 2. The Morgan fingerprint density at radius 1 is 1.20 bits per heavy atom. The summed E-state index contributed by atoms with van der Waals surface area (Å²) in [6, 6.07) is 5.69. The van der Waals surface area contributed by atoms with Crippen molar-refractivity contribution in [1.29, 1.82) is 0 Å². The molecular weight excluding hydrogens is 292 g/mol. The van der Waals surface area contributed by atoms with Gasteiger partial charge in [0.15, 0.2) is 4.90 Å². The lowest BCUT2D eigenvalue weighted by molar-refractivity contribution is 0.154. The molecule has 0 saturated heterocycles. The van der Waals surface area contributed by atoms with Gasteiger partial charge in [-0.2, -0.15) is 0 Å². The lowest BCUT2D eigenvalue weighted by atomic mass is 10.3. The molecule has 2 aromatic rings. The van der Waals surface area contributed by atoms with E-state index in [9.17, 15) is 22.3 Å². The van der Waals surface area contributed by atoms with Crippen molar-refractivity contribution < 1.29 is 26.7 Å². The summed E-state index contributed by atoms with van der Waals surface area (Å²) < 4.78 is 57.2. The summed E-state index contributed by atoms with van der Waals surface area (Å²) in [5.74, 6) is -2.27. The summed E-state index contributed by atoms with van der Waals surface area (Å²) in [4.78, 5) is -1.08. The number of hydrogen-bond donors (Lipinski definition) is 2. The van der Waals surface area contributed by atoms with Crippen molar-refractivity contribution in [3.63, 3.8) is 0 Å². The Morgan fingerprint density at radius 2 is 1.85 bits per heavy atom. The highest BCUT2D eigenvalue weighted by Crippen LogP contribution is 2.19. The summed E-state index contributed by atoms with van der Waals surface area (Å²) in [6.07, 6.45) is 0.0541. The number of furan rings is 1. The van der Waals surface area contributed by atoms with Crippen molar-refractivity contribution in [3.05, 3.63) is 54.0 Å². The van der Waals surface area contributed by atoms with E-state index in [1.54, 1.807) is 0 Å². The zero-order valence-corrected chi connectivity index (χ0v) is 10.9. The average Bonchev–Trinajstić information content (AvgIpc) is 2.89. The van der Waals surface area contributed by atoms with Crippen LogP contribution in [0.15, 0.2) is 45.9 Å². The molecule has 5 nitrogen and oxygen atoms in total. The van der Waals surface area contributed by atoms with E-state index in [2.05, 4.69) is 0 Å². The molecule has 0 bridgehead atoms. The van der Waals surface area contributed by atoms with Crippen LogP contribution in [0, 0.1) is 11.6 Å². The minimum Gasteiger partial charge on any atom is -0.467 e. The minimum absolute atomic E-state index is 0.140. The highest BCUT2D eigenvalue weighted by molar-refractivity contribution is 7.89. The molecule has 8 heteroatoms. The second-order valence-electron chi connectivity index (χ2n) is 3.93. The summed E-state index contributed by atoms with van der Waals surface area (Å²) in [5.41, 5.74) is 0. The largest absolute Gasteiger partial charge is 0.467 e. The lowest BCUT2D eigenvalue weighted by Crippen LogP contribution is -2.29. The highest BCUT2D eigenvalue weighted by Gasteiger charge is 2.24. The number of aliphatic hydroxyl groups is 1. The topological polar surface area (TPSA) is 79.5 Å². The van der Waals surface area contributed by atoms with Gasteiger partial charge in [0.25, 0.3) is 0 Å². The van der Waals surface area contributed by atoms with E-state index in [0.717, 1.165) is 18.2 Å². The lowest BCUT2D eigenvalue weighted by Gasteiger charge is -2.11. The molecule has 0 aliphatic rings. The summed E-state index contributed by atoms with van der Waals surface area (Å²) in [7, 11) is -4.41. The van der Waals surface area contributed by atoms with Gasteiger partial charge in [0.2, 0.25) is 10.0 Å². The third kappa shape index (κ3) is 3.03. The van der Waals surface area contributed by atoms with Crippen LogP contribution in [0.1, 0.15) is 11.9 Å². The van der Waals surface area contributed by atoms with Crippen LogP contribution in [-0.2, 0) is 10.0 Å². The normalized spacial score (nSPS) is 13.3. The van der Waals surface area contributed by atoms with Crippen LogP contribution in [0.4, 0.5) is 8.78 Å². The summed E-state index contributed by atoms with van der Waals surface area (Å²) in [5, 5.41) is 9.65. The number of benzene rings is 1. The van der Waals surface area contributed by atoms with Crippen LogP contribution < -0.4 is 4.72 Å². The van der Waals surface area contributed by atoms with Gasteiger partial charge >= 0.3 is 0 Å². The van der Waals surface area contributed by atoms with Crippen molar-refractivity contribution >= 4 is 10.0 Å². The fraction of sp³-hybridized carbons (Fsp3) is 0.167. The number of aliphatic hydroxyl groups excluding tert-OH is 1. The van der Waals surface area contributed by atoms with E-state index in [0.29, 0.717) is 0 Å². The molecule has 0 aliphatic carbocycles. The van der Waals surface area contributed by atoms with E-state index in [-0.39, 0.29) is 5.76 Å².